The second-order valence-electron chi connectivity index (χ2n) is 10.8. The molecule has 0 radical (unpaired) electrons. The minimum Gasteiger partial charge on any atom is -0.494 e. The Hall–Kier alpha value is -5.51. The van der Waals surface area contributed by atoms with Crippen LogP contribution < -0.4 is 25.1 Å². The maximum Gasteiger partial charge on any atom is 0.282 e. The average molecular weight is 623 g/mol. The molecular weight excluding hydrogens is 587 g/mol. The summed E-state index contributed by atoms with van der Waals surface area (Å²) in [5.74, 6) is 0.733. The number of aromatic nitrogens is 2. The second kappa shape index (κ2) is 14.1. The van der Waals surface area contributed by atoms with Crippen LogP contribution in [0.2, 0.25) is 0 Å². The number of hydrogen-bond acceptors (Lipinski definition) is 7. The molecule has 5 aromatic rings. The predicted molar refractivity (Wildman–Crippen MR) is 178 cm³/mol. The fourth-order valence-corrected chi connectivity index (χ4v) is 5.03. The minimum absolute atomic E-state index is 0.0406. The van der Waals surface area contributed by atoms with Gasteiger partial charge < -0.3 is 19.5 Å². The molecule has 0 bridgehead atoms. The molecule has 236 valence electrons. The molecule has 0 unspecified atom stereocenters. The summed E-state index contributed by atoms with van der Waals surface area (Å²) in [5, 5.41) is 7.52. The normalized spacial score (nSPS) is 11.3. The summed E-state index contributed by atoms with van der Waals surface area (Å²) in [6.07, 6.45) is 1.46. The van der Waals surface area contributed by atoms with E-state index in [1.54, 1.807) is 42.5 Å². The number of halogens is 1. The van der Waals surface area contributed by atoms with Crippen LogP contribution in [0.1, 0.15) is 43.4 Å². The molecule has 9 nitrogen and oxygen atoms in total. The van der Waals surface area contributed by atoms with Gasteiger partial charge in [-0.05, 0) is 79.4 Å². The van der Waals surface area contributed by atoms with Crippen LogP contribution in [0.15, 0.2) is 88.8 Å². The van der Waals surface area contributed by atoms with Crippen LogP contribution in [-0.4, -0.2) is 42.1 Å². The summed E-state index contributed by atoms with van der Waals surface area (Å²) in [4.78, 5) is 31.4. The smallest absolute Gasteiger partial charge is 0.282 e. The van der Waals surface area contributed by atoms with E-state index in [1.807, 2.05) is 32.0 Å². The van der Waals surface area contributed by atoms with Crippen molar-refractivity contribution in [3.8, 4) is 28.6 Å². The van der Waals surface area contributed by atoms with Gasteiger partial charge in [-0.3, -0.25) is 9.59 Å². The van der Waals surface area contributed by atoms with Gasteiger partial charge in [0, 0.05) is 11.1 Å². The number of para-hydroxylation sites is 3. The number of ether oxygens (including phenoxy) is 3. The second-order valence-corrected chi connectivity index (χ2v) is 10.8. The van der Waals surface area contributed by atoms with E-state index in [1.165, 1.54) is 36.2 Å². The highest BCUT2D eigenvalue weighted by Crippen LogP contribution is 2.35. The van der Waals surface area contributed by atoms with Gasteiger partial charge in [-0.25, -0.2) is 9.37 Å². The number of hydrogen-bond donors (Lipinski definition) is 1. The number of methoxy groups -OCH3 is 1. The lowest BCUT2D eigenvalue weighted by Gasteiger charge is -2.18. The molecule has 5 rings (SSSR count). The first-order valence-corrected chi connectivity index (χ1v) is 14.9. The van der Waals surface area contributed by atoms with Crippen LogP contribution in [0.5, 0.6) is 17.2 Å². The quantitative estimate of drug-likeness (QED) is 0.160. The van der Waals surface area contributed by atoms with Gasteiger partial charge in [0.1, 0.15) is 11.6 Å². The van der Waals surface area contributed by atoms with Crippen molar-refractivity contribution in [3.05, 3.63) is 112 Å². The largest absolute Gasteiger partial charge is 0.494 e. The highest BCUT2D eigenvalue weighted by molar-refractivity contribution is 5.92. The van der Waals surface area contributed by atoms with Crippen molar-refractivity contribution in [3.63, 3.8) is 0 Å². The lowest BCUT2D eigenvalue weighted by atomic mass is 9.96. The highest BCUT2D eigenvalue weighted by atomic mass is 19.1. The van der Waals surface area contributed by atoms with Crippen molar-refractivity contribution < 1.29 is 23.4 Å². The first-order chi connectivity index (χ1) is 22.2. The standard InChI is InChI=1S/C36H35FN4O5/c1-6-45-32-18-23(4)27(19-26(32)22(2)3)35-40-29-15-9-7-13-25(29)36(43)41(35)38-20-24-12-11-17-31(44-5)34(24)46-21-33(42)39-30-16-10-8-14-28(30)37/h7-20,22H,6,21H2,1-5H3,(H,39,42). The summed E-state index contributed by atoms with van der Waals surface area (Å²) < 4.78 is 32.6. The number of fused-ring (bicyclic) bond motifs is 1. The predicted octanol–water partition coefficient (Wildman–Crippen LogP) is 6.94. The summed E-state index contributed by atoms with van der Waals surface area (Å²) in [5.41, 5.74) is 3.25. The van der Waals surface area contributed by atoms with E-state index in [0.717, 1.165) is 22.4 Å². The van der Waals surface area contributed by atoms with Gasteiger partial charge in [-0.15, -0.1) is 0 Å². The van der Waals surface area contributed by atoms with Gasteiger partial charge in [0.2, 0.25) is 0 Å². The lowest BCUT2D eigenvalue weighted by molar-refractivity contribution is -0.118. The van der Waals surface area contributed by atoms with Crippen molar-refractivity contribution in [2.45, 2.75) is 33.6 Å². The van der Waals surface area contributed by atoms with Crippen LogP contribution >= 0.6 is 0 Å². The minimum atomic E-state index is -0.567. The molecule has 0 aliphatic carbocycles. The Morgan fingerprint density at radius 1 is 1.02 bits per heavy atom. The molecule has 0 saturated heterocycles. The lowest BCUT2D eigenvalue weighted by Crippen LogP contribution is -2.22. The summed E-state index contributed by atoms with van der Waals surface area (Å²) >= 11 is 0. The molecule has 1 amide bonds. The van der Waals surface area contributed by atoms with E-state index >= 15 is 0 Å². The third kappa shape index (κ3) is 6.76. The topological polar surface area (TPSA) is 104 Å². The number of aryl methyl sites for hydroxylation is 1. The van der Waals surface area contributed by atoms with Crippen molar-refractivity contribution in [1.29, 1.82) is 0 Å². The van der Waals surface area contributed by atoms with Gasteiger partial charge in [-0.1, -0.05) is 44.2 Å². The molecule has 1 aromatic heterocycles. The summed E-state index contributed by atoms with van der Waals surface area (Å²) in [7, 11) is 1.47. The Balaban J connectivity index is 1.57. The van der Waals surface area contributed by atoms with Crippen LogP contribution in [0, 0.1) is 12.7 Å². The zero-order valence-corrected chi connectivity index (χ0v) is 26.3. The van der Waals surface area contributed by atoms with Crippen molar-refractivity contribution in [2.24, 2.45) is 5.10 Å². The number of rotatable bonds is 11. The Labute approximate surface area is 266 Å². The summed E-state index contributed by atoms with van der Waals surface area (Å²) in [6, 6.07) is 22.1. The van der Waals surface area contributed by atoms with Crippen LogP contribution in [0.25, 0.3) is 22.3 Å². The van der Waals surface area contributed by atoms with E-state index in [-0.39, 0.29) is 22.9 Å². The van der Waals surface area contributed by atoms with E-state index < -0.39 is 18.3 Å². The third-order valence-corrected chi connectivity index (χ3v) is 7.31. The molecular formula is C36H35FN4O5. The molecule has 0 spiro atoms. The molecule has 1 heterocycles. The summed E-state index contributed by atoms with van der Waals surface area (Å²) in [6.45, 7) is 8.14. The first-order valence-electron chi connectivity index (χ1n) is 14.9. The van der Waals surface area contributed by atoms with Gasteiger partial charge in [0.15, 0.2) is 23.9 Å². The molecule has 0 fully saturated rings. The van der Waals surface area contributed by atoms with Gasteiger partial charge in [-0.2, -0.15) is 9.78 Å². The molecule has 0 saturated carbocycles. The molecule has 46 heavy (non-hydrogen) atoms. The van der Waals surface area contributed by atoms with Crippen LogP contribution in [-0.2, 0) is 4.79 Å². The van der Waals surface area contributed by atoms with E-state index in [4.69, 9.17) is 19.2 Å². The monoisotopic (exact) mass is 622 g/mol. The number of anilines is 1. The van der Waals surface area contributed by atoms with Crippen LogP contribution in [0.3, 0.4) is 0 Å². The highest BCUT2D eigenvalue weighted by Gasteiger charge is 2.19. The number of benzene rings is 4. The number of carbonyl (C=O) groups excluding carboxylic acids is 1. The van der Waals surface area contributed by atoms with Crippen molar-refractivity contribution >= 4 is 28.7 Å². The Morgan fingerprint density at radius 2 is 1.78 bits per heavy atom. The zero-order chi connectivity index (χ0) is 32.8. The van der Waals surface area contributed by atoms with Crippen LogP contribution in [0.4, 0.5) is 10.1 Å². The molecule has 10 heteroatoms. The Morgan fingerprint density at radius 3 is 2.52 bits per heavy atom. The fourth-order valence-electron chi connectivity index (χ4n) is 5.03. The first kappa shape index (κ1) is 31.9. The molecule has 0 atom stereocenters. The average Bonchev–Trinajstić information content (AvgIpc) is 3.04. The van der Waals surface area contributed by atoms with E-state index in [0.29, 0.717) is 34.6 Å². The number of nitrogens with one attached hydrogen (secondary N) is 1. The van der Waals surface area contributed by atoms with Gasteiger partial charge >= 0.3 is 0 Å². The molecule has 0 aliphatic heterocycles. The maximum absolute atomic E-state index is 14.1. The van der Waals surface area contributed by atoms with Gasteiger partial charge in [0.25, 0.3) is 11.5 Å². The number of nitrogens with zero attached hydrogens (tertiary/aromatic N) is 3. The Kier molecular flexibility index (Phi) is 9.76. The SMILES string of the molecule is CCOc1cc(C)c(-c2nc3ccccc3c(=O)n2N=Cc2cccc(OC)c2OCC(=O)Nc2ccccc2F)cc1C(C)C. The molecule has 1 N–H and O–H groups in total. The fraction of sp³-hybridized carbons (Fsp3) is 0.222. The number of amides is 1. The van der Waals surface area contributed by atoms with Crippen molar-refractivity contribution in [1.82, 2.24) is 9.66 Å². The molecule has 4 aromatic carbocycles. The third-order valence-electron chi connectivity index (χ3n) is 7.31. The van der Waals surface area contributed by atoms with Gasteiger partial charge in [0.05, 0.1) is 36.5 Å². The maximum atomic E-state index is 14.1. The zero-order valence-electron chi connectivity index (χ0n) is 26.3. The molecule has 0 aliphatic rings. The van der Waals surface area contributed by atoms with E-state index in [2.05, 4.69) is 24.3 Å². The Bertz CT molecular complexity index is 1990. The number of carbonyl (C=O) groups is 1. The van der Waals surface area contributed by atoms with E-state index in [9.17, 15) is 14.0 Å². The van der Waals surface area contributed by atoms with Crippen molar-refractivity contribution in [2.75, 3.05) is 25.6 Å².